The van der Waals surface area contributed by atoms with Gasteiger partial charge in [-0.15, -0.1) is 0 Å². The van der Waals surface area contributed by atoms with Crippen LogP contribution in [-0.4, -0.2) is 38.6 Å². The van der Waals surface area contributed by atoms with E-state index >= 15 is 0 Å². The minimum Gasteiger partial charge on any atom is -0.317 e. The fourth-order valence-electron chi connectivity index (χ4n) is 2.87. The van der Waals surface area contributed by atoms with Gasteiger partial charge in [0, 0.05) is 0 Å². The van der Waals surface area contributed by atoms with Crippen LogP contribution in [0.2, 0.25) is 0 Å². The summed E-state index contributed by atoms with van der Waals surface area (Å²) in [4.78, 5) is 2.26. The van der Waals surface area contributed by atoms with Crippen molar-refractivity contribution in [2.45, 2.75) is 38.0 Å². The first-order chi connectivity index (χ1) is 9.25. The summed E-state index contributed by atoms with van der Waals surface area (Å²) in [6.45, 7) is 3.56. The molecule has 2 heteroatoms. The van der Waals surface area contributed by atoms with Gasteiger partial charge in [-0.1, -0.05) is 24.3 Å². The van der Waals surface area contributed by atoms with Crippen LogP contribution in [0, 0.1) is 0 Å². The van der Waals surface area contributed by atoms with E-state index in [0.717, 1.165) is 5.92 Å². The van der Waals surface area contributed by atoms with Crippen molar-refractivity contribution in [3.8, 4) is 0 Å². The van der Waals surface area contributed by atoms with E-state index in [4.69, 9.17) is 0 Å². The first-order valence-corrected chi connectivity index (χ1v) is 7.70. The molecule has 1 fully saturated rings. The van der Waals surface area contributed by atoms with E-state index in [1.54, 1.807) is 5.56 Å². The highest BCUT2D eigenvalue weighted by Gasteiger charge is 2.14. The molecule has 1 aliphatic rings. The lowest BCUT2D eigenvalue weighted by Crippen LogP contribution is -2.26. The number of hydrogen-bond donors (Lipinski definition) is 1. The smallest absolute Gasteiger partial charge is 0.00247 e. The van der Waals surface area contributed by atoms with Crippen molar-refractivity contribution in [1.29, 1.82) is 0 Å². The maximum atomic E-state index is 3.44. The van der Waals surface area contributed by atoms with Crippen molar-refractivity contribution in [3.05, 3.63) is 35.4 Å². The summed E-state index contributed by atoms with van der Waals surface area (Å²) in [5.41, 5.74) is 3.04. The third kappa shape index (κ3) is 4.96. The van der Waals surface area contributed by atoms with E-state index in [1.807, 2.05) is 0 Å². The molecular formula is C17H28N2. The molecule has 0 bridgehead atoms. The Morgan fingerprint density at radius 2 is 1.74 bits per heavy atom. The molecule has 106 valence electrons. The second-order valence-electron chi connectivity index (χ2n) is 6.03. The fraction of sp³-hybridized carbons (Fsp3) is 0.647. The molecule has 0 atom stereocenters. The SMILES string of the molecule is CN(C)CCCCc1ccc(C2CCNCC2)cc1. The molecule has 0 unspecified atom stereocenters. The monoisotopic (exact) mass is 260 g/mol. The minimum absolute atomic E-state index is 0.782. The largest absolute Gasteiger partial charge is 0.317 e. The molecule has 2 rings (SSSR count). The molecule has 0 saturated carbocycles. The van der Waals surface area contributed by atoms with E-state index in [2.05, 4.69) is 48.6 Å². The van der Waals surface area contributed by atoms with Crippen LogP contribution >= 0.6 is 0 Å². The Balaban J connectivity index is 1.77. The summed E-state index contributed by atoms with van der Waals surface area (Å²) < 4.78 is 0. The zero-order valence-electron chi connectivity index (χ0n) is 12.5. The number of nitrogens with zero attached hydrogens (tertiary/aromatic N) is 1. The molecule has 1 N–H and O–H groups in total. The van der Waals surface area contributed by atoms with Gasteiger partial charge in [-0.25, -0.2) is 0 Å². The predicted molar refractivity (Wildman–Crippen MR) is 82.8 cm³/mol. The number of hydrogen-bond acceptors (Lipinski definition) is 2. The highest BCUT2D eigenvalue weighted by Crippen LogP contribution is 2.25. The Hall–Kier alpha value is -0.860. The van der Waals surface area contributed by atoms with Gasteiger partial charge in [-0.2, -0.15) is 0 Å². The van der Waals surface area contributed by atoms with E-state index in [9.17, 15) is 0 Å². The van der Waals surface area contributed by atoms with Gasteiger partial charge >= 0.3 is 0 Å². The van der Waals surface area contributed by atoms with Gasteiger partial charge in [-0.3, -0.25) is 0 Å². The summed E-state index contributed by atoms with van der Waals surface area (Å²) in [5.74, 6) is 0.782. The summed E-state index contributed by atoms with van der Waals surface area (Å²) in [7, 11) is 4.29. The van der Waals surface area contributed by atoms with Gasteiger partial charge in [0.25, 0.3) is 0 Å². The number of benzene rings is 1. The Bertz CT molecular complexity index is 350. The quantitative estimate of drug-likeness (QED) is 0.791. The molecule has 19 heavy (non-hydrogen) atoms. The zero-order chi connectivity index (χ0) is 13.5. The zero-order valence-corrected chi connectivity index (χ0v) is 12.5. The average Bonchev–Trinajstić information content (AvgIpc) is 2.45. The second-order valence-corrected chi connectivity index (χ2v) is 6.03. The van der Waals surface area contributed by atoms with E-state index in [0.29, 0.717) is 0 Å². The molecule has 0 aromatic heterocycles. The van der Waals surface area contributed by atoms with Gasteiger partial charge < -0.3 is 10.2 Å². The Morgan fingerprint density at radius 3 is 2.37 bits per heavy atom. The van der Waals surface area contributed by atoms with Crippen LogP contribution in [0.15, 0.2) is 24.3 Å². The van der Waals surface area contributed by atoms with Crippen molar-refractivity contribution < 1.29 is 0 Å². The van der Waals surface area contributed by atoms with Gasteiger partial charge in [-0.05, 0) is 82.9 Å². The molecule has 0 amide bonds. The molecule has 1 aromatic carbocycles. The lowest BCUT2D eigenvalue weighted by Gasteiger charge is -2.23. The maximum Gasteiger partial charge on any atom is -0.00247 e. The lowest BCUT2D eigenvalue weighted by atomic mass is 9.89. The molecule has 0 radical (unpaired) electrons. The molecule has 2 nitrogen and oxygen atoms in total. The van der Waals surface area contributed by atoms with Crippen LogP contribution in [0.3, 0.4) is 0 Å². The summed E-state index contributed by atoms with van der Waals surface area (Å²) in [6.07, 6.45) is 6.40. The normalized spacial score (nSPS) is 17.0. The highest BCUT2D eigenvalue weighted by molar-refractivity contribution is 5.26. The number of nitrogens with one attached hydrogen (secondary N) is 1. The van der Waals surface area contributed by atoms with Crippen LogP contribution < -0.4 is 5.32 Å². The van der Waals surface area contributed by atoms with Crippen molar-refractivity contribution >= 4 is 0 Å². The van der Waals surface area contributed by atoms with Gasteiger partial charge in [0.05, 0.1) is 0 Å². The Labute approximate surface area is 118 Å². The summed E-state index contributed by atoms with van der Waals surface area (Å²) >= 11 is 0. The van der Waals surface area contributed by atoms with E-state index in [-0.39, 0.29) is 0 Å². The molecule has 1 heterocycles. The van der Waals surface area contributed by atoms with Crippen molar-refractivity contribution in [3.63, 3.8) is 0 Å². The van der Waals surface area contributed by atoms with Crippen LogP contribution in [0.1, 0.15) is 42.7 Å². The number of piperidine rings is 1. The Morgan fingerprint density at radius 1 is 1.05 bits per heavy atom. The standard InChI is InChI=1S/C17H28N2/c1-19(2)14-4-3-5-15-6-8-16(9-7-15)17-10-12-18-13-11-17/h6-9,17-18H,3-5,10-14H2,1-2H3. The third-order valence-corrected chi connectivity index (χ3v) is 4.11. The molecule has 1 saturated heterocycles. The van der Waals surface area contributed by atoms with Crippen molar-refractivity contribution in [2.75, 3.05) is 33.7 Å². The van der Waals surface area contributed by atoms with Crippen LogP contribution in [0.25, 0.3) is 0 Å². The van der Waals surface area contributed by atoms with Gasteiger partial charge in [0.2, 0.25) is 0 Å². The van der Waals surface area contributed by atoms with E-state index in [1.165, 1.54) is 57.3 Å². The van der Waals surface area contributed by atoms with Gasteiger partial charge in [0.1, 0.15) is 0 Å². The maximum absolute atomic E-state index is 3.44. The van der Waals surface area contributed by atoms with Crippen LogP contribution in [0.4, 0.5) is 0 Å². The first kappa shape index (κ1) is 14.5. The fourth-order valence-corrected chi connectivity index (χ4v) is 2.87. The topological polar surface area (TPSA) is 15.3 Å². The van der Waals surface area contributed by atoms with Crippen LogP contribution in [-0.2, 0) is 6.42 Å². The number of unbranched alkanes of at least 4 members (excludes halogenated alkanes) is 1. The number of aryl methyl sites for hydroxylation is 1. The Kier molecular flexibility index (Phi) is 5.87. The third-order valence-electron chi connectivity index (χ3n) is 4.11. The number of rotatable bonds is 6. The summed E-state index contributed by atoms with van der Waals surface area (Å²) in [6, 6.07) is 9.40. The second kappa shape index (κ2) is 7.66. The molecule has 1 aromatic rings. The lowest BCUT2D eigenvalue weighted by molar-refractivity contribution is 0.394. The summed E-state index contributed by atoms with van der Waals surface area (Å²) in [5, 5.41) is 3.44. The molecule has 0 aliphatic carbocycles. The minimum atomic E-state index is 0.782. The molecule has 0 spiro atoms. The average molecular weight is 260 g/mol. The van der Waals surface area contributed by atoms with Crippen LogP contribution in [0.5, 0.6) is 0 Å². The predicted octanol–water partition coefficient (Wildman–Crippen LogP) is 3.04. The first-order valence-electron chi connectivity index (χ1n) is 7.70. The van der Waals surface area contributed by atoms with Crippen molar-refractivity contribution in [2.24, 2.45) is 0 Å². The van der Waals surface area contributed by atoms with Gasteiger partial charge in [0.15, 0.2) is 0 Å². The molecule has 1 aliphatic heterocycles. The van der Waals surface area contributed by atoms with E-state index < -0.39 is 0 Å². The highest BCUT2D eigenvalue weighted by atomic mass is 15.0. The molecular weight excluding hydrogens is 232 g/mol. The van der Waals surface area contributed by atoms with Crippen molar-refractivity contribution in [1.82, 2.24) is 10.2 Å².